The molecule has 2 rings (SSSR count). The summed E-state index contributed by atoms with van der Waals surface area (Å²) in [7, 11) is 0. The van der Waals surface area contributed by atoms with Crippen molar-refractivity contribution >= 4 is 33.2 Å². The van der Waals surface area contributed by atoms with E-state index in [2.05, 4.69) is 15.9 Å². The van der Waals surface area contributed by atoms with E-state index in [1.807, 2.05) is 6.07 Å². The van der Waals surface area contributed by atoms with Gasteiger partial charge in [0.25, 0.3) is 5.69 Å². The molecule has 0 fully saturated rings. The van der Waals surface area contributed by atoms with Gasteiger partial charge in [0.2, 0.25) is 0 Å². The van der Waals surface area contributed by atoms with E-state index in [1.54, 1.807) is 18.2 Å². The third-order valence-corrected chi connectivity index (χ3v) is 3.51. The number of nitrogens with zero attached hydrogens (tertiary/aromatic N) is 2. The lowest BCUT2D eigenvalue weighted by Crippen LogP contribution is -2.00. The molecule has 0 saturated heterocycles. The van der Waals surface area contributed by atoms with Crippen LogP contribution in [0.5, 0.6) is 5.75 Å². The first-order valence-electron chi connectivity index (χ1n) is 5.76. The van der Waals surface area contributed by atoms with Crippen LogP contribution in [-0.4, -0.2) is 4.92 Å². The SMILES string of the molecule is N#Cc1ccc(OCc2ccc(Br)cc2[N+](=O)[O-])cc1Cl. The zero-order chi connectivity index (χ0) is 15.4. The average molecular weight is 368 g/mol. The largest absolute Gasteiger partial charge is 0.489 e. The van der Waals surface area contributed by atoms with Crippen molar-refractivity contribution in [3.63, 3.8) is 0 Å². The van der Waals surface area contributed by atoms with Crippen LogP contribution in [0.4, 0.5) is 5.69 Å². The molecular formula is C14H8BrClN2O3. The standard InChI is InChI=1S/C14H8BrClN2O3/c15-11-3-1-10(14(5-11)18(19)20)8-21-12-4-2-9(7-17)13(16)6-12/h1-6H,8H2. The van der Waals surface area contributed by atoms with Gasteiger partial charge in [-0.25, -0.2) is 0 Å². The Morgan fingerprint density at radius 2 is 2.10 bits per heavy atom. The lowest BCUT2D eigenvalue weighted by Gasteiger charge is -2.08. The molecule has 0 spiro atoms. The quantitative estimate of drug-likeness (QED) is 0.590. The minimum Gasteiger partial charge on any atom is -0.489 e. The molecule has 0 amide bonds. The molecule has 0 aliphatic carbocycles. The van der Waals surface area contributed by atoms with E-state index in [1.165, 1.54) is 18.2 Å². The Labute approximate surface area is 134 Å². The summed E-state index contributed by atoms with van der Waals surface area (Å²) in [5, 5.41) is 20.1. The number of benzene rings is 2. The first-order valence-corrected chi connectivity index (χ1v) is 6.93. The van der Waals surface area contributed by atoms with Gasteiger partial charge in [-0.3, -0.25) is 10.1 Å². The van der Waals surface area contributed by atoms with Gasteiger partial charge in [0.15, 0.2) is 0 Å². The van der Waals surface area contributed by atoms with Gasteiger partial charge in [-0.05, 0) is 24.3 Å². The van der Waals surface area contributed by atoms with Crippen molar-refractivity contribution in [1.82, 2.24) is 0 Å². The maximum Gasteiger partial charge on any atom is 0.277 e. The molecule has 106 valence electrons. The summed E-state index contributed by atoms with van der Waals surface area (Å²) in [6.45, 7) is 0.0336. The maximum atomic E-state index is 11.0. The highest BCUT2D eigenvalue weighted by Gasteiger charge is 2.14. The molecule has 0 aliphatic heterocycles. The molecule has 0 heterocycles. The van der Waals surface area contributed by atoms with Crippen molar-refractivity contribution in [2.75, 3.05) is 0 Å². The van der Waals surface area contributed by atoms with Crippen LogP contribution in [0.3, 0.4) is 0 Å². The van der Waals surface area contributed by atoms with Gasteiger partial charge in [0.1, 0.15) is 18.4 Å². The van der Waals surface area contributed by atoms with E-state index in [0.29, 0.717) is 21.3 Å². The van der Waals surface area contributed by atoms with E-state index in [9.17, 15) is 10.1 Å². The van der Waals surface area contributed by atoms with Gasteiger partial charge in [-0.2, -0.15) is 5.26 Å². The van der Waals surface area contributed by atoms with E-state index < -0.39 is 4.92 Å². The number of nitriles is 1. The van der Waals surface area contributed by atoms with Gasteiger partial charge in [0.05, 0.1) is 21.1 Å². The monoisotopic (exact) mass is 366 g/mol. The van der Waals surface area contributed by atoms with Crippen molar-refractivity contribution in [1.29, 1.82) is 5.26 Å². The van der Waals surface area contributed by atoms with Crippen molar-refractivity contribution in [2.45, 2.75) is 6.61 Å². The topological polar surface area (TPSA) is 76.2 Å². The van der Waals surface area contributed by atoms with Crippen molar-refractivity contribution in [3.8, 4) is 11.8 Å². The zero-order valence-corrected chi connectivity index (χ0v) is 12.9. The van der Waals surface area contributed by atoms with Crippen LogP contribution in [-0.2, 0) is 6.61 Å². The number of rotatable bonds is 4. The van der Waals surface area contributed by atoms with Crippen LogP contribution in [0, 0.1) is 21.4 Å². The summed E-state index contributed by atoms with van der Waals surface area (Å²) in [5.41, 5.74) is 0.770. The molecule has 0 bridgehead atoms. The molecule has 0 atom stereocenters. The zero-order valence-electron chi connectivity index (χ0n) is 10.5. The van der Waals surface area contributed by atoms with E-state index >= 15 is 0 Å². The van der Waals surface area contributed by atoms with Crippen LogP contribution in [0.15, 0.2) is 40.9 Å². The molecule has 5 nitrogen and oxygen atoms in total. The van der Waals surface area contributed by atoms with Gasteiger partial charge in [-0.1, -0.05) is 27.5 Å². The number of nitro benzene ring substituents is 1. The molecule has 0 aliphatic rings. The van der Waals surface area contributed by atoms with Gasteiger partial charge in [-0.15, -0.1) is 0 Å². The molecule has 0 N–H and O–H groups in total. The van der Waals surface area contributed by atoms with Crippen molar-refractivity contribution < 1.29 is 9.66 Å². The highest BCUT2D eigenvalue weighted by molar-refractivity contribution is 9.10. The second-order valence-corrected chi connectivity index (χ2v) is 5.40. The van der Waals surface area contributed by atoms with Gasteiger partial charge < -0.3 is 4.74 Å². The Bertz CT molecular complexity index is 743. The van der Waals surface area contributed by atoms with Gasteiger partial charge in [0, 0.05) is 16.6 Å². The first-order chi connectivity index (χ1) is 10.0. The predicted molar refractivity (Wildman–Crippen MR) is 81.3 cm³/mol. The summed E-state index contributed by atoms with van der Waals surface area (Å²) in [6, 6.07) is 11.3. The minimum absolute atomic E-state index is 0.0240. The van der Waals surface area contributed by atoms with Crippen LogP contribution in [0.1, 0.15) is 11.1 Å². The number of hydrogen-bond donors (Lipinski definition) is 0. The Morgan fingerprint density at radius 3 is 2.71 bits per heavy atom. The molecular weight excluding hydrogens is 360 g/mol. The summed E-state index contributed by atoms with van der Waals surface area (Å²) < 4.78 is 6.11. The fourth-order valence-electron chi connectivity index (χ4n) is 1.67. The summed E-state index contributed by atoms with van der Waals surface area (Å²) >= 11 is 9.09. The molecule has 2 aromatic carbocycles. The lowest BCUT2D eigenvalue weighted by atomic mass is 10.2. The molecule has 0 unspecified atom stereocenters. The summed E-state index contributed by atoms with van der Waals surface area (Å²) in [5.74, 6) is 0.441. The first kappa shape index (κ1) is 15.3. The van der Waals surface area contributed by atoms with Crippen LogP contribution in [0.2, 0.25) is 5.02 Å². The molecule has 2 aromatic rings. The molecule has 0 saturated carbocycles. The maximum absolute atomic E-state index is 11.0. The van der Waals surface area contributed by atoms with Crippen molar-refractivity contribution in [3.05, 3.63) is 67.1 Å². The minimum atomic E-state index is -0.463. The second kappa shape index (κ2) is 6.57. The number of nitro groups is 1. The molecule has 7 heteroatoms. The second-order valence-electron chi connectivity index (χ2n) is 4.07. The smallest absolute Gasteiger partial charge is 0.277 e. The normalized spacial score (nSPS) is 9.95. The Hall–Kier alpha value is -2.10. The Balaban J connectivity index is 2.19. The van der Waals surface area contributed by atoms with Crippen LogP contribution >= 0.6 is 27.5 Å². The van der Waals surface area contributed by atoms with Crippen LogP contribution < -0.4 is 4.74 Å². The fourth-order valence-corrected chi connectivity index (χ4v) is 2.23. The van der Waals surface area contributed by atoms with E-state index in [-0.39, 0.29) is 17.3 Å². The summed E-state index contributed by atoms with van der Waals surface area (Å²) in [6.07, 6.45) is 0. The fraction of sp³-hybridized carbons (Fsp3) is 0.0714. The Morgan fingerprint density at radius 1 is 1.33 bits per heavy atom. The predicted octanol–water partition coefficient (Wildman–Crippen LogP) is 4.46. The number of halogens is 2. The third-order valence-electron chi connectivity index (χ3n) is 2.70. The van der Waals surface area contributed by atoms with Crippen LogP contribution in [0.25, 0.3) is 0 Å². The third kappa shape index (κ3) is 3.72. The van der Waals surface area contributed by atoms with Gasteiger partial charge >= 0.3 is 0 Å². The summed E-state index contributed by atoms with van der Waals surface area (Å²) in [4.78, 5) is 10.5. The number of ether oxygens (including phenoxy) is 1. The number of hydrogen-bond acceptors (Lipinski definition) is 4. The molecule has 0 aromatic heterocycles. The molecule has 0 radical (unpaired) electrons. The Kier molecular flexibility index (Phi) is 4.78. The lowest BCUT2D eigenvalue weighted by molar-refractivity contribution is -0.385. The highest BCUT2D eigenvalue weighted by atomic mass is 79.9. The van der Waals surface area contributed by atoms with E-state index in [0.717, 1.165) is 0 Å². The van der Waals surface area contributed by atoms with E-state index in [4.69, 9.17) is 21.6 Å². The highest BCUT2D eigenvalue weighted by Crippen LogP contribution is 2.26. The average Bonchev–Trinajstić information content (AvgIpc) is 2.46. The van der Waals surface area contributed by atoms with Crippen molar-refractivity contribution in [2.24, 2.45) is 0 Å². The molecule has 21 heavy (non-hydrogen) atoms.